The van der Waals surface area contributed by atoms with E-state index in [0.717, 1.165) is 5.69 Å². The molecule has 1 aliphatic rings. The summed E-state index contributed by atoms with van der Waals surface area (Å²) in [7, 11) is 0. The van der Waals surface area contributed by atoms with Gasteiger partial charge in [0.1, 0.15) is 0 Å². The molecule has 1 atom stereocenters. The fraction of sp³-hybridized carbons (Fsp3) is 0.0169. The van der Waals surface area contributed by atoms with Crippen molar-refractivity contribution in [3.63, 3.8) is 0 Å². The zero-order chi connectivity index (χ0) is 40.0. The van der Waals surface area contributed by atoms with Gasteiger partial charge in [-0.15, -0.1) is 0 Å². The van der Waals surface area contributed by atoms with Gasteiger partial charge in [0.15, 0.2) is 0 Å². The minimum Gasteiger partial charge on any atom is -0.309 e. The van der Waals surface area contributed by atoms with E-state index in [0.29, 0.717) is 0 Å². The quantitative estimate of drug-likeness (QED) is 0.165. The largest absolute Gasteiger partial charge is 0.309 e. The number of rotatable bonds is 5. The lowest BCUT2D eigenvalue weighted by Crippen LogP contribution is -2.00. The smallest absolute Gasteiger partial charge is 0.0544 e. The van der Waals surface area contributed by atoms with Crippen LogP contribution in [-0.4, -0.2) is 9.13 Å². The van der Waals surface area contributed by atoms with Crippen LogP contribution in [0.5, 0.6) is 0 Å². The Morgan fingerprint density at radius 2 is 0.836 bits per heavy atom. The first-order chi connectivity index (χ1) is 30.2. The van der Waals surface area contributed by atoms with E-state index in [4.69, 9.17) is 0 Å². The molecule has 1 unspecified atom stereocenters. The number of hydrogen-bond donors (Lipinski definition) is 0. The van der Waals surface area contributed by atoms with E-state index in [9.17, 15) is 0 Å². The molecule has 1 aliphatic carbocycles. The molecule has 2 nitrogen and oxygen atoms in total. The number of benzene rings is 10. The Morgan fingerprint density at radius 1 is 0.279 bits per heavy atom. The lowest BCUT2D eigenvalue weighted by molar-refractivity contribution is 1.02. The van der Waals surface area contributed by atoms with E-state index >= 15 is 0 Å². The topological polar surface area (TPSA) is 9.86 Å². The van der Waals surface area contributed by atoms with Crippen LogP contribution in [0.25, 0.3) is 99.1 Å². The Kier molecular flexibility index (Phi) is 7.40. The van der Waals surface area contributed by atoms with Gasteiger partial charge in [-0.3, -0.25) is 0 Å². The van der Waals surface area contributed by atoms with Crippen LogP contribution >= 0.6 is 0 Å². The van der Waals surface area contributed by atoms with E-state index in [-0.39, 0.29) is 5.92 Å². The van der Waals surface area contributed by atoms with Crippen LogP contribution < -0.4 is 0 Å². The summed E-state index contributed by atoms with van der Waals surface area (Å²) in [4.78, 5) is 0. The summed E-state index contributed by atoms with van der Waals surface area (Å²) in [5.41, 5.74) is 18.7. The molecule has 0 N–H and O–H groups in total. The van der Waals surface area contributed by atoms with Crippen molar-refractivity contribution in [3.8, 4) is 44.8 Å². The third kappa shape index (κ3) is 5.22. The number of aromatic nitrogens is 2. The zero-order valence-corrected chi connectivity index (χ0v) is 33.3. The Morgan fingerprint density at radius 3 is 1.62 bits per heavy atom. The molecule has 0 bridgehead atoms. The van der Waals surface area contributed by atoms with Gasteiger partial charge in [-0.05, 0) is 128 Å². The first-order valence-electron chi connectivity index (χ1n) is 21.2. The highest BCUT2D eigenvalue weighted by Crippen LogP contribution is 2.51. The summed E-state index contributed by atoms with van der Waals surface area (Å²) < 4.78 is 4.87. The van der Waals surface area contributed by atoms with Gasteiger partial charge in [-0.25, -0.2) is 0 Å². The summed E-state index contributed by atoms with van der Waals surface area (Å²) >= 11 is 0. The van der Waals surface area contributed by atoms with Crippen molar-refractivity contribution >= 4 is 54.4 Å². The first-order valence-corrected chi connectivity index (χ1v) is 21.2. The molecule has 0 radical (unpaired) electrons. The van der Waals surface area contributed by atoms with Gasteiger partial charge < -0.3 is 9.13 Å². The minimum absolute atomic E-state index is 0.132. The molecule has 10 aromatic carbocycles. The van der Waals surface area contributed by atoms with E-state index in [1.807, 2.05) is 0 Å². The first kappa shape index (κ1) is 34.0. The molecule has 0 aliphatic heterocycles. The molecule has 61 heavy (non-hydrogen) atoms. The summed E-state index contributed by atoms with van der Waals surface area (Å²) in [6.07, 6.45) is 0. The van der Waals surface area contributed by atoms with Crippen LogP contribution in [0.15, 0.2) is 224 Å². The number of fused-ring (bicyclic) bond motifs is 10. The van der Waals surface area contributed by atoms with E-state index in [1.165, 1.54) is 110 Å². The van der Waals surface area contributed by atoms with Crippen molar-refractivity contribution in [2.24, 2.45) is 0 Å². The van der Waals surface area contributed by atoms with Crippen molar-refractivity contribution in [2.75, 3.05) is 0 Å². The Hall–Kier alpha value is -7.94. The third-order valence-corrected chi connectivity index (χ3v) is 13.2. The Balaban J connectivity index is 1.04. The van der Waals surface area contributed by atoms with Crippen LogP contribution in [0.3, 0.4) is 0 Å². The minimum atomic E-state index is 0.132. The van der Waals surface area contributed by atoms with E-state index < -0.39 is 0 Å². The second kappa shape index (κ2) is 13.3. The Labute approximate surface area is 353 Å². The molecule has 284 valence electrons. The normalized spacial score (nSPS) is 13.4. The predicted molar refractivity (Wildman–Crippen MR) is 256 cm³/mol. The average molecular weight is 775 g/mol. The molecule has 2 heterocycles. The molecule has 0 spiro atoms. The Bertz CT molecular complexity index is 3680. The van der Waals surface area contributed by atoms with Crippen molar-refractivity contribution in [3.05, 3.63) is 241 Å². The molecule has 0 saturated carbocycles. The maximum absolute atomic E-state index is 2.50. The summed E-state index contributed by atoms with van der Waals surface area (Å²) in [5.74, 6) is 0.132. The third-order valence-electron chi connectivity index (χ3n) is 13.2. The fourth-order valence-corrected chi connectivity index (χ4v) is 10.4. The maximum atomic E-state index is 2.50. The summed E-state index contributed by atoms with van der Waals surface area (Å²) in [6.45, 7) is 0. The molecular weight excluding hydrogens is 737 g/mol. The van der Waals surface area contributed by atoms with Crippen LogP contribution in [-0.2, 0) is 0 Å². The molecule has 2 aromatic heterocycles. The number of nitrogens with zero attached hydrogens (tertiary/aromatic N) is 2. The van der Waals surface area contributed by atoms with Crippen molar-refractivity contribution in [1.82, 2.24) is 9.13 Å². The standard InChI is InChI=1S/C59H38N2/c1-3-13-38(14-4-1)40-25-29-46(30-26-40)61-57-32-28-43(42-27-31-56-51(34-42)48-20-11-12-22-55(48)60(56)45-17-5-2-6-18-45)35-52(57)53-36-50-47-19-9-10-21-49(47)59(54(50)37-58(53)61)44-24-23-39-15-7-8-16-41(39)33-44/h1-37,59H. The van der Waals surface area contributed by atoms with Crippen molar-refractivity contribution < 1.29 is 0 Å². The SMILES string of the molecule is c1ccc(-c2ccc(-n3c4ccc(-c5ccc6c(c5)c5ccccc5n6-c5ccccc5)cc4c4cc5c(cc43)C(c3ccc4ccccc4c3)c3ccccc3-5)cc2)cc1. The second-order valence-electron chi connectivity index (χ2n) is 16.5. The number of hydrogen-bond acceptors (Lipinski definition) is 0. The zero-order valence-electron chi connectivity index (χ0n) is 33.3. The van der Waals surface area contributed by atoms with Crippen LogP contribution in [0.1, 0.15) is 22.6 Å². The van der Waals surface area contributed by atoms with E-state index in [2.05, 4.69) is 234 Å². The number of para-hydroxylation sites is 2. The monoisotopic (exact) mass is 774 g/mol. The highest BCUT2D eigenvalue weighted by Gasteiger charge is 2.31. The maximum Gasteiger partial charge on any atom is 0.0544 e. The lowest BCUT2D eigenvalue weighted by atomic mass is 9.88. The molecule has 0 amide bonds. The van der Waals surface area contributed by atoms with Gasteiger partial charge in [-0.2, -0.15) is 0 Å². The van der Waals surface area contributed by atoms with Crippen LogP contribution in [0, 0.1) is 0 Å². The van der Waals surface area contributed by atoms with Gasteiger partial charge in [-0.1, -0.05) is 158 Å². The summed E-state index contributed by atoms with van der Waals surface area (Å²) in [5, 5.41) is 7.57. The highest BCUT2D eigenvalue weighted by atomic mass is 15.0. The molecule has 2 heteroatoms. The molecular formula is C59H38N2. The van der Waals surface area contributed by atoms with Crippen LogP contribution in [0.2, 0.25) is 0 Å². The molecule has 13 rings (SSSR count). The molecule has 0 saturated heterocycles. The fourth-order valence-electron chi connectivity index (χ4n) is 10.4. The highest BCUT2D eigenvalue weighted by molar-refractivity contribution is 6.14. The predicted octanol–water partition coefficient (Wildman–Crippen LogP) is 15.5. The lowest BCUT2D eigenvalue weighted by Gasteiger charge is -2.16. The summed E-state index contributed by atoms with van der Waals surface area (Å²) in [6, 6.07) is 83.0. The van der Waals surface area contributed by atoms with E-state index in [1.54, 1.807) is 0 Å². The van der Waals surface area contributed by atoms with Crippen molar-refractivity contribution in [2.45, 2.75) is 5.92 Å². The van der Waals surface area contributed by atoms with Gasteiger partial charge >= 0.3 is 0 Å². The molecule has 0 fully saturated rings. The molecule has 12 aromatic rings. The van der Waals surface area contributed by atoms with Gasteiger partial charge in [0.05, 0.1) is 22.1 Å². The average Bonchev–Trinajstić information content (AvgIpc) is 3.96. The van der Waals surface area contributed by atoms with Crippen molar-refractivity contribution in [1.29, 1.82) is 0 Å². The van der Waals surface area contributed by atoms with Gasteiger partial charge in [0, 0.05) is 38.8 Å². The van der Waals surface area contributed by atoms with Gasteiger partial charge in [0.25, 0.3) is 0 Å². The second-order valence-corrected chi connectivity index (χ2v) is 16.5. The van der Waals surface area contributed by atoms with Gasteiger partial charge in [0.2, 0.25) is 0 Å². The van der Waals surface area contributed by atoms with Crippen LogP contribution in [0.4, 0.5) is 0 Å².